The van der Waals surface area contributed by atoms with Crippen LogP contribution in [0.5, 0.6) is 5.75 Å². The average Bonchev–Trinajstić information content (AvgIpc) is 3.10. The Morgan fingerprint density at radius 1 is 1.25 bits per heavy atom. The number of nitrogens with one attached hydrogen (secondary N) is 1. The molecule has 0 aliphatic heterocycles. The molecule has 5 nitrogen and oxygen atoms in total. The topological polar surface area (TPSA) is 64.6 Å². The van der Waals surface area contributed by atoms with Crippen molar-refractivity contribution >= 4 is 22.7 Å². The standard InChI is InChI=1S/C18H19NO4S/c1-21-14-4-5-16-13(9-18(20)23-17(16)10-14)11-19-6-8-24-12-15-3-2-7-22-15/h2-5,7,9-10,19H,6,8,11-12H2,1H3. The van der Waals surface area contributed by atoms with Crippen LogP contribution >= 0.6 is 11.8 Å². The molecule has 24 heavy (non-hydrogen) atoms. The monoisotopic (exact) mass is 345 g/mol. The zero-order chi connectivity index (χ0) is 16.8. The minimum atomic E-state index is -0.347. The molecule has 0 amide bonds. The summed E-state index contributed by atoms with van der Waals surface area (Å²) >= 11 is 1.80. The van der Waals surface area contributed by atoms with Crippen LogP contribution in [-0.4, -0.2) is 19.4 Å². The summed E-state index contributed by atoms with van der Waals surface area (Å²) in [6.45, 7) is 1.47. The minimum absolute atomic E-state index is 0.347. The molecule has 0 saturated heterocycles. The third-order valence-corrected chi connectivity index (χ3v) is 4.58. The number of ether oxygens (including phenoxy) is 1. The van der Waals surface area contributed by atoms with Gasteiger partial charge in [0.05, 0.1) is 19.1 Å². The highest BCUT2D eigenvalue weighted by Gasteiger charge is 2.06. The molecule has 0 bridgehead atoms. The van der Waals surface area contributed by atoms with E-state index in [2.05, 4.69) is 5.32 Å². The van der Waals surface area contributed by atoms with Crippen LogP contribution < -0.4 is 15.7 Å². The summed E-state index contributed by atoms with van der Waals surface area (Å²) < 4.78 is 15.7. The third-order valence-electron chi connectivity index (χ3n) is 3.60. The van der Waals surface area contributed by atoms with Gasteiger partial charge in [0.15, 0.2) is 0 Å². The predicted molar refractivity (Wildman–Crippen MR) is 95.6 cm³/mol. The Labute approximate surface area is 144 Å². The number of hydrogen-bond acceptors (Lipinski definition) is 6. The van der Waals surface area contributed by atoms with E-state index in [0.717, 1.165) is 34.8 Å². The maximum absolute atomic E-state index is 11.7. The molecule has 126 valence electrons. The van der Waals surface area contributed by atoms with Crippen molar-refractivity contribution in [2.24, 2.45) is 0 Å². The first-order chi connectivity index (χ1) is 11.8. The van der Waals surface area contributed by atoms with Gasteiger partial charge in [0.2, 0.25) is 0 Å². The highest BCUT2D eigenvalue weighted by atomic mass is 32.2. The van der Waals surface area contributed by atoms with E-state index in [0.29, 0.717) is 17.9 Å². The molecule has 1 aromatic carbocycles. The lowest BCUT2D eigenvalue weighted by molar-refractivity contribution is 0.414. The fourth-order valence-corrected chi connectivity index (χ4v) is 3.22. The van der Waals surface area contributed by atoms with Gasteiger partial charge in [0.1, 0.15) is 17.1 Å². The van der Waals surface area contributed by atoms with Crippen LogP contribution in [0.15, 0.2) is 56.3 Å². The Balaban J connectivity index is 1.55. The molecule has 6 heteroatoms. The quantitative estimate of drug-likeness (QED) is 0.498. The zero-order valence-corrected chi connectivity index (χ0v) is 14.2. The van der Waals surface area contributed by atoms with Crippen molar-refractivity contribution in [2.45, 2.75) is 12.3 Å². The van der Waals surface area contributed by atoms with Crippen LogP contribution in [0.25, 0.3) is 11.0 Å². The average molecular weight is 345 g/mol. The van der Waals surface area contributed by atoms with E-state index in [-0.39, 0.29) is 5.63 Å². The second-order valence-electron chi connectivity index (χ2n) is 5.26. The van der Waals surface area contributed by atoms with Crippen LogP contribution in [0.4, 0.5) is 0 Å². The number of rotatable bonds is 8. The number of methoxy groups -OCH3 is 1. The maximum Gasteiger partial charge on any atom is 0.336 e. The Hall–Kier alpha value is -2.18. The molecule has 0 radical (unpaired) electrons. The summed E-state index contributed by atoms with van der Waals surface area (Å²) in [7, 11) is 1.59. The van der Waals surface area contributed by atoms with Crippen molar-refractivity contribution < 1.29 is 13.6 Å². The van der Waals surface area contributed by atoms with E-state index in [9.17, 15) is 4.79 Å². The van der Waals surface area contributed by atoms with Crippen LogP contribution in [-0.2, 0) is 12.3 Å². The van der Waals surface area contributed by atoms with Crippen LogP contribution in [0, 0.1) is 0 Å². The Morgan fingerprint density at radius 3 is 2.96 bits per heavy atom. The minimum Gasteiger partial charge on any atom is -0.497 e. The van der Waals surface area contributed by atoms with E-state index < -0.39 is 0 Å². The van der Waals surface area contributed by atoms with Gasteiger partial charge < -0.3 is 18.9 Å². The molecule has 0 aliphatic carbocycles. The van der Waals surface area contributed by atoms with Gasteiger partial charge >= 0.3 is 5.63 Å². The normalized spacial score (nSPS) is 11.0. The van der Waals surface area contributed by atoms with Crippen molar-refractivity contribution in [1.82, 2.24) is 5.32 Å². The van der Waals surface area contributed by atoms with Gasteiger partial charge in [-0.2, -0.15) is 11.8 Å². The molecule has 0 spiro atoms. The Bertz CT molecular complexity index is 842. The summed E-state index contributed by atoms with van der Waals surface area (Å²) in [5.41, 5.74) is 1.13. The van der Waals surface area contributed by atoms with Crippen LogP contribution in [0.1, 0.15) is 11.3 Å². The van der Waals surface area contributed by atoms with Crippen molar-refractivity contribution in [3.05, 3.63) is 64.4 Å². The van der Waals surface area contributed by atoms with Gasteiger partial charge in [-0.3, -0.25) is 0 Å². The summed E-state index contributed by atoms with van der Waals surface area (Å²) in [6.07, 6.45) is 1.69. The highest BCUT2D eigenvalue weighted by molar-refractivity contribution is 7.98. The van der Waals surface area contributed by atoms with Gasteiger partial charge in [-0.05, 0) is 29.8 Å². The predicted octanol–water partition coefficient (Wildman–Crippen LogP) is 3.42. The number of thioether (sulfide) groups is 1. The Kier molecular flexibility index (Phi) is 5.61. The van der Waals surface area contributed by atoms with Crippen LogP contribution in [0.2, 0.25) is 0 Å². The lowest BCUT2D eigenvalue weighted by Gasteiger charge is -2.08. The second kappa shape index (κ2) is 8.08. The van der Waals surface area contributed by atoms with E-state index >= 15 is 0 Å². The molecule has 0 fully saturated rings. The number of furan rings is 1. The van der Waals surface area contributed by atoms with Crippen molar-refractivity contribution in [3.8, 4) is 5.75 Å². The summed E-state index contributed by atoms with van der Waals surface area (Å²) in [6, 6.07) is 10.9. The highest BCUT2D eigenvalue weighted by Crippen LogP contribution is 2.22. The lowest BCUT2D eigenvalue weighted by Crippen LogP contribution is -2.18. The lowest BCUT2D eigenvalue weighted by atomic mass is 10.1. The van der Waals surface area contributed by atoms with Crippen molar-refractivity contribution in [2.75, 3.05) is 19.4 Å². The first-order valence-corrected chi connectivity index (χ1v) is 8.83. The third kappa shape index (κ3) is 4.21. The molecular formula is C18H19NO4S. The molecule has 1 N–H and O–H groups in total. The molecule has 0 aliphatic rings. The molecule has 0 atom stereocenters. The SMILES string of the molecule is COc1ccc2c(CNCCSCc3ccco3)cc(=O)oc2c1. The molecule has 3 rings (SSSR count). The van der Waals surface area contributed by atoms with Gasteiger partial charge in [-0.25, -0.2) is 4.79 Å². The number of fused-ring (bicyclic) bond motifs is 1. The fraction of sp³-hybridized carbons (Fsp3) is 0.278. The van der Waals surface area contributed by atoms with Crippen LogP contribution in [0.3, 0.4) is 0 Å². The number of benzene rings is 1. The maximum atomic E-state index is 11.7. The second-order valence-corrected chi connectivity index (χ2v) is 6.37. The van der Waals surface area contributed by atoms with E-state index in [1.54, 1.807) is 31.2 Å². The van der Waals surface area contributed by atoms with Gasteiger partial charge in [0, 0.05) is 36.4 Å². The van der Waals surface area contributed by atoms with E-state index in [1.165, 1.54) is 6.07 Å². The van der Waals surface area contributed by atoms with E-state index in [4.69, 9.17) is 13.6 Å². The largest absolute Gasteiger partial charge is 0.497 e. The summed E-state index contributed by atoms with van der Waals surface area (Å²) in [4.78, 5) is 11.7. The van der Waals surface area contributed by atoms with Gasteiger partial charge in [-0.1, -0.05) is 0 Å². The number of hydrogen-bond donors (Lipinski definition) is 1. The molecule has 0 saturated carbocycles. The van der Waals surface area contributed by atoms with E-state index in [1.807, 2.05) is 24.3 Å². The first kappa shape index (κ1) is 16.7. The molecule has 2 aromatic heterocycles. The molecule has 0 unspecified atom stereocenters. The van der Waals surface area contributed by atoms with Gasteiger partial charge in [0.25, 0.3) is 0 Å². The first-order valence-electron chi connectivity index (χ1n) is 7.68. The van der Waals surface area contributed by atoms with Crippen molar-refractivity contribution in [1.29, 1.82) is 0 Å². The molecule has 3 aromatic rings. The van der Waals surface area contributed by atoms with Crippen molar-refractivity contribution in [3.63, 3.8) is 0 Å². The fourth-order valence-electron chi connectivity index (χ4n) is 2.42. The zero-order valence-electron chi connectivity index (χ0n) is 13.4. The Morgan fingerprint density at radius 2 is 2.17 bits per heavy atom. The molecular weight excluding hydrogens is 326 g/mol. The molecule has 2 heterocycles. The summed E-state index contributed by atoms with van der Waals surface area (Å²) in [5, 5.41) is 4.29. The smallest absolute Gasteiger partial charge is 0.336 e. The van der Waals surface area contributed by atoms with Gasteiger partial charge in [-0.15, -0.1) is 0 Å². The summed E-state index contributed by atoms with van der Waals surface area (Å²) in [5.74, 6) is 3.49.